The standard InChI is InChI=1S/C28H25N3O5/c1-3-15-36-20-12-10-19(11-13-20)24(32)23-25(33)26(34)31(17-18-7-6-14-29-16-18)28(23)21-8-4-5-9-22(21)30(2)27(28)35/h4-14,16,32H,3,15,17H2,1-2H3. The highest BCUT2D eigenvalue weighted by molar-refractivity contribution is 6.49. The number of fused-ring (bicyclic) bond motifs is 2. The molecule has 0 aliphatic carbocycles. The number of nitrogens with zero attached hydrogens (tertiary/aromatic N) is 3. The SMILES string of the molecule is CCCOc1ccc(C(O)=C2C(=O)C(=O)N(Cc3cccnc3)C23C(=O)N(C)c2ccccc23)cc1. The fourth-order valence-corrected chi connectivity index (χ4v) is 4.94. The van der Waals surface area contributed by atoms with Crippen molar-refractivity contribution in [2.24, 2.45) is 0 Å². The first-order chi connectivity index (χ1) is 17.4. The Labute approximate surface area is 208 Å². The Morgan fingerprint density at radius 2 is 1.78 bits per heavy atom. The van der Waals surface area contributed by atoms with E-state index in [4.69, 9.17) is 4.74 Å². The van der Waals surface area contributed by atoms with Crippen molar-refractivity contribution < 1.29 is 24.2 Å². The van der Waals surface area contributed by atoms with Crippen molar-refractivity contribution in [1.29, 1.82) is 0 Å². The molecule has 1 aromatic heterocycles. The monoisotopic (exact) mass is 483 g/mol. The maximum Gasteiger partial charge on any atom is 0.296 e. The number of ether oxygens (including phenoxy) is 1. The van der Waals surface area contributed by atoms with Gasteiger partial charge in [0.25, 0.3) is 17.6 Å². The second-order valence-corrected chi connectivity index (χ2v) is 8.77. The minimum atomic E-state index is -1.81. The van der Waals surface area contributed by atoms with Crippen LogP contribution in [0.15, 0.2) is 78.6 Å². The van der Waals surface area contributed by atoms with Crippen molar-refractivity contribution in [3.8, 4) is 5.75 Å². The summed E-state index contributed by atoms with van der Waals surface area (Å²) in [7, 11) is 1.60. The highest BCUT2D eigenvalue weighted by Crippen LogP contribution is 2.53. The first kappa shape index (κ1) is 23.3. The topological polar surface area (TPSA) is 100 Å². The number of aliphatic hydroxyl groups is 1. The average Bonchev–Trinajstić information content (AvgIpc) is 3.26. The summed E-state index contributed by atoms with van der Waals surface area (Å²) in [5.41, 5.74) is -0.0784. The summed E-state index contributed by atoms with van der Waals surface area (Å²) in [4.78, 5) is 47.8. The van der Waals surface area contributed by atoms with Crippen molar-refractivity contribution in [3.05, 3.63) is 95.3 Å². The summed E-state index contributed by atoms with van der Waals surface area (Å²) >= 11 is 0. The Morgan fingerprint density at radius 3 is 2.47 bits per heavy atom. The molecule has 3 aromatic rings. The molecule has 1 atom stereocenters. The summed E-state index contributed by atoms with van der Waals surface area (Å²) in [5, 5.41) is 11.5. The lowest BCUT2D eigenvalue weighted by Crippen LogP contribution is -2.50. The van der Waals surface area contributed by atoms with E-state index in [1.807, 2.05) is 6.92 Å². The molecule has 0 bridgehead atoms. The maximum atomic E-state index is 14.0. The molecule has 8 heteroatoms. The van der Waals surface area contributed by atoms with E-state index in [2.05, 4.69) is 4.98 Å². The number of aliphatic hydroxyl groups excluding tert-OH is 1. The van der Waals surface area contributed by atoms with Crippen LogP contribution in [0.1, 0.15) is 30.0 Å². The number of anilines is 1. The van der Waals surface area contributed by atoms with E-state index in [1.165, 1.54) is 9.80 Å². The molecule has 182 valence electrons. The van der Waals surface area contributed by atoms with Crippen LogP contribution < -0.4 is 9.64 Å². The minimum absolute atomic E-state index is 0.0348. The number of likely N-dealkylation sites (N-methyl/N-ethyl adjacent to an activating group) is 1. The first-order valence-corrected chi connectivity index (χ1v) is 11.7. The highest BCUT2D eigenvalue weighted by atomic mass is 16.5. The molecular weight excluding hydrogens is 458 g/mol. The van der Waals surface area contributed by atoms with Crippen LogP contribution in [0.2, 0.25) is 0 Å². The Balaban J connectivity index is 1.73. The second-order valence-electron chi connectivity index (χ2n) is 8.77. The number of aromatic nitrogens is 1. The molecule has 3 heterocycles. The van der Waals surface area contributed by atoms with Crippen LogP contribution >= 0.6 is 0 Å². The van der Waals surface area contributed by atoms with E-state index in [-0.39, 0.29) is 12.1 Å². The number of pyridine rings is 1. The van der Waals surface area contributed by atoms with Crippen molar-refractivity contribution in [1.82, 2.24) is 9.88 Å². The zero-order chi connectivity index (χ0) is 25.4. The van der Waals surface area contributed by atoms with Crippen LogP contribution in [0, 0.1) is 0 Å². The van der Waals surface area contributed by atoms with Gasteiger partial charge in [0.2, 0.25) is 0 Å². The van der Waals surface area contributed by atoms with Gasteiger partial charge in [0.1, 0.15) is 11.5 Å². The van der Waals surface area contributed by atoms with E-state index in [9.17, 15) is 19.5 Å². The van der Waals surface area contributed by atoms with Gasteiger partial charge in [0.05, 0.1) is 12.2 Å². The number of benzene rings is 2. The summed E-state index contributed by atoms with van der Waals surface area (Å²) in [6.07, 6.45) is 4.03. The van der Waals surface area contributed by atoms with Gasteiger partial charge in [0.15, 0.2) is 5.54 Å². The number of likely N-dealkylation sites (tertiary alicyclic amines) is 1. The molecule has 1 N–H and O–H groups in total. The Morgan fingerprint density at radius 1 is 1.03 bits per heavy atom. The van der Waals surface area contributed by atoms with Gasteiger partial charge in [-0.05, 0) is 48.4 Å². The lowest BCUT2D eigenvalue weighted by Gasteiger charge is -2.34. The molecule has 0 saturated carbocycles. The second kappa shape index (κ2) is 8.96. The lowest BCUT2D eigenvalue weighted by molar-refractivity contribution is -0.144. The number of rotatable bonds is 6. The molecule has 1 spiro atoms. The Kier molecular flexibility index (Phi) is 5.80. The normalized spacial score (nSPS) is 20.3. The van der Waals surface area contributed by atoms with Gasteiger partial charge in [0, 0.05) is 42.8 Å². The fraction of sp³-hybridized carbons (Fsp3) is 0.214. The molecule has 1 saturated heterocycles. The molecule has 1 fully saturated rings. The average molecular weight is 484 g/mol. The quantitative estimate of drug-likeness (QED) is 0.327. The first-order valence-electron chi connectivity index (χ1n) is 11.7. The molecule has 2 aliphatic rings. The van der Waals surface area contributed by atoms with E-state index in [1.54, 1.807) is 80.1 Å². The van der Waals surface area contributed by atoms with Gasteiger partial charge in [-0.3, -0.25) is 19.4 Å². The van der Waals surface area contributed by atoms with Crippen LogP contribution in [-0.4, -0.2) is 46.2 Å². The number of ketones is 1. The molecule has 5 rings (SSSR count). The Bertz CT molecular complexity index is 1380. The van der Waals surface area contributed by atoms with E-state index >= 15 is 0 Å². The number of Topliss-reactive ketones (excluding diaryl/α,β-unsaturated/α-hetero) is 1. The lowest BCUT2D eigenvalue weighted by atomic mass is 9.81. The van der Waals surface area contributed by atoms with Gasteiger partial charge in [-0.25, -0.2) is 0 Å². The predicted octanol–water partition coefficient (Wildman–Crippen LogP) is 3.62. The maximum absolute atomic E-state index is 14.0. The third kappa shape index (κ3) is 3.37. The highest BCUT2D eigenvalue weighted by Gasteiger charge is 2.66. The summed E-state index contributed by atoms with van der Waals surface area (Å²) < 4.78 is 5.61. The zero-order valence-corrected chi connectivity index (χ0v) is 20.0. The Hall–Kier alpha value is -4.46. The van der Waals surface area contributed by atoms with Crippen molar-refractivity contribution in [2.45, 2.75) is 25.4 Å². The molecule has 8 nitrogen and oxygen atoms in total. The van der Waals surface area contributed by atoms with Crippen molar-refractivity contribution >= 4 is 29.0 Å². The van der Waals surface area contributed by atoms with Crippen LogP contribution in [0.25, 0.3) is 5.76 Å². The van der Waals surface area contributed by atoms with Crippen molar-refractivity contribution in [3.63, 3.8) is 0 Å². The van der Waals surface area contributed by atoms with Crippen LogP contribution in [0.4, 0.5) is 5.69 Å². The number of para-hydroxylation sites is 1. The number of amides is 2. The van der Waals surface area contributed by atoms with E-state index in [0.717, 1.165) is 6.42 Å². The third-order valence-electron chi connectivity index (χ3n) is 6.60. The van der Waals surface area contributed by atoms with E-state index < -0.39 is 28.9 Å². The summed E-state index contributed by atoms with van der Waals surface area (Å²) in [6, 6.07) is 17.1. The number of carbonyl (C=O) groups is 3. The molecule has 1 unspecified atom stereocenters. The number of hydrogen-bond acceptors (Lipinski definition) is 6. The minimum Gasteiger partial charge on any atom is -0.507 e. The van der Waals surface area contributed by atoms with Gasteiger partial charge in [-0.2, -0.15) is 0 Å². The van der Waals surface area contributed by atoms with Gasteiger partial charge >= 0.3 is 0 Å². The largest absolute Gasteiger partial charge is 0.507 e. The van der Waals surface area contributed by atoms with Gasteiger partial charge in [-0.1, -0.05) is 31.2 Å². The fourth-order valence-electron chi connectivity index (χ4n) is 4.94. The van der Waals surface area contributed by atoms with Crippen LogP contribution in [0.5, 0.6) is 5.75 Å². The molecule has 2 amide bonds. The third-order valence-corrected chi connectivity index (χ3v) is 6.60. The molecule has 2 aromatic carbocycles. The predicted molar refractivity (Wildman–Crippen MR) is 133 cm³/mol. The van der Waals surface area contributed by atoms with Crippen LogP contribution in [0.3, 0.4) is 0 Å². The summed E-state index contributed by atoms with van der Waals surface area (Å²) in [5.74, 6) is -2.07. The molecular formula is C28H25N3O5. The number of carbonyl (C=O) groups excluding carboxylic acids is 3. The van der Waals surface area contributed by atoms with Crippen LogP contribution in [-0.2, 0) is 26.5 Å². The molecule has 0 radical (unpaired) electrons. The molecule has 2 aliphatic heterocycles. The van der Waals surface area contributed by atoms with Gasteiger partial charge in [-0.15, -0.1) is 0 Å². The number of hydrogen-bond donors (Lipinski definition) is 1. The van der Waals surface area contributed by atoms with Crippen molar-refractivity contribution in [2.75, 3.05) is 18.6 Å². The zero-order valence-electron chi connectivity index (χ0n) is 20.0. The van der Waals surface area contributed by atoms with Gasteiger partial charge < -0.3 is 19.6 Å². The molecule has 36 heavy (non-hydrogen) atoms. The summed E-state index contributed by atoms with van der Waals surface area (Å²) in [6.45, 7) is 2.51. The van der Waals surface area contributed by atoms with E-state index in [0.29, 0.717) is 34.7 Å². The smallest absolute Gasteiger partial charge is 0.296 e.